The highest BCUT2D eigenvalue weighted by Crippen LogP contribution is 2.27. The van der Waals surface area contributed by atoms with Crippen molar-refractivity contribution in [1.82, 2.24) is 15.2 Å². The summed E-state index contributed by atoms with van der Waals surface area (Å²) in [7, 11) is 3.24. The summed E-state index contributed by atoms with van der Waals surface area (Å²) in [6.45, 7) is 4.68. The molecule has 1 aromatic heterocycles. The van der Waals surface area contributed by atoms with Gasteiger partial charge in [-0.2, -0.15) is 10.1 Å². The van der Waals surface area contributed by atoms with Crippen molar-refractivity contribution in [1.29, 1.82) is 0 Å². The lowest BCUT2D eigenvalue weighted by atomic mass is 10.1. The Morgan fingerprint density at radius 2 is 1.67 bits per heavy atom. The van der Waals surface area contributed by atoms with Gasteiger partial charge in [0.15, 0.2) is 17.3 Å². The fourth-order valence-electron chi connectivity index (χ4n) is 2.80. The SMILES string of the molecule is COc1ccc(CNc2cnnc(Nc3cc(C)cc(C)c3)n2)cc1OC. The Morgan fingerprint density at radius 3 is 2.37 bits per heavy atom. The second-order valence-corrected chi connectivity index (χ2v) is 6.21. The van der Waals surface area contributed by atoms with Crippen LogP contribution in [0.2, 0.25) is 0 Å². The summed E-state index contributed by atoms with van der Waals surface area (Å²) < 4.78 is 10.6. The van der Waals surface area contributed by atoms with Gasteiger partial charge in [-0.15, -0.1) is 5.10 Å². The lowest BCUT2D eigenvalue weighted by Crippen LogP contribution is -2.06. The van der Waals surface area contributed by atoms with E-state index < -0.39 is 0 Å². The number of nitrogens with zero attached hydrogens (tertiary/aromatic N) is 3. The zero-order valence-electron chi connectivity index (χ0n) is 15.9. The molecule has 0 fully saturated rings. The number of hydrogen-bond acceptors (Lipinski definition) is 7. The van der Waals surface area contributed by atoms with Gasteiger partial charge in [0.2, 0.25) is 5.95 Å². The van der Waals surface area contributed by atoms with Gasteiger partial charge >= 0.3 is 0 Å². The Labute approximate surface area is 158 Å². The number of benzene rings is 2. The molecule has 0 aliphatic rings. The van der Waals surface area contributed by atoms with Crippen LogP contribution in [0.1, 0.15) is 16.7 Å². The van der Waals surface area contributed by atoms with Crippen molar-refractivity contribution in [2.75, 3.05) is 24.9 Å². The molecule has 3 rings (SSSR count). The highest BCUT2D eigenvalue weighted by molar-refractivity contribution is 5.56. The molecule has 0 aliphatic carbocycles. The molecular weight excluding hydrogens is 342 g/mol. The highest BCUT2D eigenvalue weighted by atomic mass is 16.5. The van der Waals surface area contributed by atoms with Gasteiger partial charge in [0.1, 0.15) is 0 Å². The van der Waals surface area contributed by atoms with E-state index in [2.05, 4.69) is 45.7 Å². The summed E-state index contributed by atoms with van der Waals surface area (Å²) in [5.41, 5.74) is 4.32. The van der Waals surface area contributed by atoms with E-state index in [1.165, 1.54) is 11.1 Å². The number of nitrogens with one attached hydrogen (secondary N) is 2. The van der Waals surface area contributed by atoms with E-state index in [0.717, 1.165) is 11.3 Å². The number of anilines is 3. The van der Waals surface area contributed by atoms with Crippen LogP contribution in [0.15, 0.2) is 42.6 Å². The molecule has 0 atom stereocenters. The van der Waals surface area contributed by atoms with Gasteiger partial charge < -0.3 is 20.1 Å². The molecule has 27 heavy (non-hydrogen) atoms. The largest absolute Gasteiger partial charge is 0.493 e. The monoisotopic (exact) mass is 365 g/mol. The molecule has 0 bridgehead atoms. The Morgan fingerprint density at radius 1 is 0.926 bits per heavy atom. The van der Waals surface area contributed by atoms with Gasteiger partial charge in [-0.25, -0.2) is 0 Å². The molecule has 1 heterocycles. The third-order valence-corrected chi connectivity index (χ3v) is 3.96. The standard InChI is InChI=1S/C20H23N5O2/c1-13-7-14(2)9-16(8-13)23-20-24-19(12-22-25-20)21-11-15-5-6-17(26-3)18(10-15)27-4/h5-10,12H,11H2,1-4H3,(H2,21,23,24,25). The average Bonchev–Trinajstić information content (AvgIpc) is 2.65. The minimum Gasteiger partial charge on any atom is -0.493 e. The number of aromatic nitrogens is 3. The van der Waals surface area contributed by atoms with Crippen molar-refractivity contribution in [2.45, 2.75) is 20.4 Å². The molecule has 0 spiro atoms. The normalized spacial score (nSPS) is 10.4. The second-order valence-electron chi connectivity index (χ2n) is 6.21. The topological polar surface area (TPSA) is 81.2 Å². The van der Waals surface area contributed by atoms with Crippen LogP contribution >= 0.6 is 0 Å². The van der Waals surface area contributed by atoms with Crippen molar-refractivity contribution in [3.05, 3.63) is 59.3 Å². The molecule has 0 aliphatic heterocycles. The van der Waals surface area contributed by atoms with Gasteiger partial charge in [0, 0.05) is 12.2 Å². The molecule has 2 aromatic carbocycles. The predicted octanol–water partition coefficient (Wildman–Crippen LogP) is 3.86. The molecule has 0 saturated carbocycles. The third-order valence-electron chi connectivity index (χ3n) is 3.96. The fourth-order valence-corrected chi connectivity index (χ4v) is 2.80. The first-order valence-corrected chi connectivity index (χ1v) is 8.57. The van der Waals surface area contributed by atoms with E-state index in [9.17, 15) is 0 Å². The van der Waals surface area contributed by atoms with Crippen LogP contribution in [-0.2, 0) is 6.54 Å². The summed E-state index contributed by atoms with van der Waals surface area (Å²) >= 11 is 0. The lowest BCUT2D eigenvalue weighted by Gasteiger charge is -2.11. The van der Waals surface area contributed by atoms with Gasteiger partial charge in [-0.3, -0.25) is 0 Å². The molecule has 0 radical (unpaired) electrons. The maximum absolute atomic E-state index is 5.33. The first-order chi connectivity index (χ1) is 13.1. The van der Waals surface area contributed by atoms with E-state index in [0.29, 0.717) is 29.8 Å². The molecular formula is C20H23N5O2. The van der Waals surface area contributed by atoms with Crippen molar-refractivity contribution in [2.24, 2.45) is 0 Å². The zero-order valence-corrected chi connectivity index (χ0v) is 15.9. The van der Waals surface area contributed by atoms with Crippen LogP contribution in [0, 0.1) is 13.8 Å². The molecule has 2 N–H and O–H groups in total. The van der Waals surface area contributed by atoms with E-state index in [-0.39, 0.29) is 0 Å². The predicted molar refractivity (Wildman–Crippen MR) is 106 cm³/mol. The minimum absolute atomic E-state index is 0.442. The van der Waals surface area contributed by atoms with Crippen LogP contribution in [0.5, 0.6) is 11.5 Å². The first kappa shape index (κ1) is 18.4. The zero-order chi connectivity index (χ0) is 19.2. The van der Waals surface area contributed by atoms with Crippen molar-refractivity contribution in [3.8, 4) is 11.5 Å². The summed E-state index contributed by atoms with van der Waals surface area (Å²) in [5.74, 6) is 2.46. The number of rotatable bonds is 7. The van der Waals surface area contributed by atoms with Gasteiger partial charge in [-0.1, -0.05) is 12.1 Å². The van der Waals surface area contributed by atoms with Crippen LogP contribution in [0.4, 0.5) is 17.5 Å². The third kappa shape index (κ3) is 4.84. The number of hydrogen-bond donors (Lipinski definition) is 2. The summed E-state index contributed by atoms with van der Waals surface area (Å²) in [6, 6.07) is 12.0. The minimum atomic E-state index is 0.442. The second kappa shape index (κ2) is 8.35. The molecule has 0 saturated heterocycles. The van der Waals surface area contributed by atoms with Crippen LogP contribution in [0.25, 0.3) is 0 Å². The molecule has 0 unspecified atom stereocenters. The Kier molecular flexibility index (Phi) is 5.71. The number of aryl methyl sites for hydroxylation is 2. The maximum Gasteiger partial charge on any atom is 0.249 e. The van der Waals surface area contributed by atoms with Crippen molar-refractivity contribution < 1.29 is 9.47 Å². The summed E-state index contributed by atoms with van der Waals surface area (Å²) in [6.07, 6.45) is 1.59. The number of methoxy groups -OCH3 is 2. The lowest BCUT2D eigenvalue weighted by molar-refractivity contribution is 0.354. The fraction of sp³-hybridized carbons (Fsp3) is 0.250. The van der Waals surface area contributed by atoms with Crippen LogP contribution in [-0.4, -0.2) is 29.4 Å². The van der Waals surface area contributed by atoms with Gasteiger partial charge in [0.25, 0.3) is 0 Å². The Hall–Kier alpha value is -3.35. The molecule has 7 heteroatoms. The summed E-state index contributed by atoms with van der Waals surface area (Å²) in [4.78, 5) is 4.47. The maximum atomic E-state index is 5.33. The van der Waals surface area contributed by atoms with Gasteiger partial charge in [0.05, 0.1) is 20.4 Å². The van der Waals surface area contributed by atoms with Gasteiger partial charge in [-0.05, 0) is 54.8 Å². The first-order valence-electron chi connectivity index (χ1n) is 8.57. The molecule has 0 amide bonds. The average molecular weight is 365 g/mol. The van der Waals surface area contributed by atoms with E-state index in [1.807, 2.05) is 30.3 Å². The summed E-state index contributed by atoms with van der Waals surface area (Å²) in [5, 5.41) is 14.5. The molecule has 7 nitrogen and oxygen atoms in total. The van der Waals surface area contributed by atoms with Crippen LogP contribution in [0.3, 0.4) is 0 Å². The smallest absolute Gasteiger partial charge is 0.249 e. The molecule has 3 aromatic rings. The number of ether oxygens (including phenoxy) is 2. The quantitative estimate of drug-likeness (QED) is 0.658. The Balaban J connectivity index is 1.69. The highest BCUT2D eigenvalue weighted by Gasteiger charge is 2.06. The van der Waals surface area contributed by atoms with E-state index >= 15 is 0 Å². The van der Waals surface area contributed by atoms with E-state index in [4.69, 9.17) is 9.47 Å². The van der Waals surface area contributed by atoms with Crippen molar-refractivity contribution >= 4 is 17.5 Å². The van der Waals surface area contributed by atoms with Crippen LogP contribution < -0.4 is 20.1 Å². The Bertz CT molecular complexity index is 910. The molecule has 140 valence electrons. The van der Waals surface area contributed by atoms with E-state index in [1.54, 1.807) is 20.4 Å². The van der Waals surface area contributed by atoms with Crippen molar-refractivity contribution in [3.63, 3.8) is 0 Å².